The maximum atomic E-state index is 12.8. The smallest absolute Gasteiger partial charge is 0.353 e. The van der Waals surface area contributed by atoms with Crippen molar-refractivity contribution in [3.05, 3.63) is 106 Å². The number of anilines is 2. The Morgan fingerprint density at radius 1 is 0.825 bits per heavy atom. The fourth-order valence-corrected chi connectivity index (χ4v) is 3.96. The molecule has 0 fully saturated rings. The van der Waals surface area contributed by atoms with Gasteiger partial charge in [0, 0.05) is 5.69 Å². The zero-order valence-corrected chi connectivity index (χ0v) is 22.1. The molecule has 10 nitrogen and oxygen atoms in total. The molecule has 0 bridgehead atoms. The minimum atomic E-state index is -1.03. The van der Waals surface area contributed by atoms with E-state index in [1.165, 1.54) is 29.7 Å². The van der Waals surface area contributed by atoms with E-state index in [0.29, 0.717) is 34.2 Å². The van der Waals surface area contributed by atoms with Gasteiger partial charge in [-0.15, -0.1) is 11.3 Å². The van der Waals surface area contributed by atoms with Gasteiger partial charge < -0.3 is 20.1 Å². The molecule has 11 heteroatoms. The van der Waals surface area contributed by atoms with Gasteiger partial charge in [-0.05, 0) is 84.6 Å². The number of nitrogens with one attached hydrogen (secondary N) is 3. The third-order valence-corrected chi connectivity index (χ3v) is 6.09. The number of para-hydroxylation sites is 1. The van der Waals surface area contributed by atoms with Crippen LogP contribution >= 0.6 is 11.3 Å². The van der Waals surface area contributed by atoms with Crippen molar-refractivity contribution in [2.75, 3.05) is 17.2 Å². The maximum Gasteiger partial charge on any atom is 0.353 e. The SMILES string of the molecule is CCOc1ccc(NC(=O)c2ccccc2NC(=O)C(=O)N/N=C/c2ccc(OC(=O)c3cccs3)cc2)cc1. The number of carbonyl (C=O) groups excluding carboxylic acids is 4. The molecular weight excluding hydrogens is 532 g/mol. The number of carbonyl (C=O) groups is 4. The summed E-state index contributed by atoms with van der Waals surface area (Å²) in [4.78, 5) is 50.1. The van der Waals surface area contributed by atoms with E-state index in [4.69, 9.17) is 9.47 Å². The van der Waals surface area contributed by atoms with E-state index < -0.39 is 23.7 Å². The van der Waals surface area contributed by atoms with Crippen LogP contribution < -0.4 is 25.5 Å². The first-order valence-corrected chi connectivity index (χ1v) is 12.9. The average Bonchev–Trinajstić information content (AvgIpc) is 3.51. The minimum Gasteiger partial charge on any atom is -0.494 e. The van der Waals surface area contributed by atoms with Crippen molar-refractivity contribution in [1.82, 2.24) is 5.43 Å². The summed E-state index contributed by atoms with van der Waals surface area (Å²) in [6.45, 7) is 2.40. The summed E-state index contributed by atoms with van der Waals surface area (Å²) >= 11 is 1.28. The lowest BCUT2D eigenvalue weighted by Gasteiger charge is -2.11. The van der Waals surface area contributed by atoms with Crippen LogP contribution in [0.5, 0.6) is 11.5 Å². The molecule has 40 heavy (non-hydrogen) atoms. The molecule has 1 aromatic heterocycles. The predicted molar refractivity (Wildman–Crippen MR) is 152 cm³/mol. The number of amides is 3. The van der Waals surface area contributed by atoms with E-state index in [1.54, 1.807) is 78.2 Å². The molecule has 0 unspecified atom stereocenters. The Morgan fingerprint density at radius 3 is 2.25 bits per heavy atom. The van der Waals surface area contributed by atoms with E-state index in [1.807, 2.05) is 6.92 Å². The van der Waals surface area contributed by atoms with Crippen LogP contribution in [0, 0.1) is 0 Å². The Morgan fingerprint density at radius 2 is 1.55 bits per heavy atom. The highest BCUT2D eigenvalue weighted by Gasteiger charge is 2.18. The first-order valence-electron chi connectivity index (χ1n) is 12.1. The molecule has 0 atom stereocenters. The van der Waals surface area contributed by atoms with E-state index in [2.05, 4.69) is 21.2 Å². The van der Waals surface area contributed by atoms with Crippen molar-refractivity contribution in [2.24, 2.45) is 5.10 Å². The first kappa shape index (κ1) is 27.7. The Hall–Kier alpha value is -5.29. The fourth-order valence-electron chi connectivity index (χ4n) is 3.36. The zero-order valence-electron chi connectivity index (χ0n) is 21.2. The van der Waals surface area contributed by atoms with Gasteiger partial charge in [0.05, 0.1) is 24.1 Å². The highest BCUT2D eigenvalue weighted by molar-refractivity contribution is 7.12. The van der Waals surface area contributed by atoms with Crippen molar-refractivity contribution >= 4 is 52.6 Å². The Balaban J connectivity index is 1.30. The molecule has 0 aliphatic carbocycles. The number of hydrogen-bond donors (Lipinski definition) is 3. The molecule has 3 amide bonds. The molecule has 3 N–H and O–H groups in total. The summed E-state index contributed by atoms with van der Waals surface area (Å²) in [5, 5.41) is 10.8. The lowest BCUT2D eigenvalue weighted by atomic mass is 10.1. The molecule has 202 valence electrons. The van der Waals surface area contributed by atoms with Crippen LogP contribution in [-0.2, 0) is 9.59 Å². The van der Waals surface area contributed by atoms with Gasteiger partial charge in [0.15, 0.2) is 0 Å². The van der Waals surface area contributed by atoms with Crippen LogP contribution in [0.25, 0.3) is 0 Å². The Kier molecular flexibility index (Phi) is 9.35. The number of hydrogen-bond acceptors (Lipinski definition) is 8. The number of benzene rings is 3. The van der Waals surface area contributed by atoms with E-state index in [0.717, 1.165) is 0 Å². The Bertz CT molecular complexity index is 1520. The van der Waals surface area contributed by atoms with Crippen molar-refractivity contribution in [1.29, 1.82) is 0 Å². The largest absolute Gasteiger partial charge is 0.494 e. The molecule has 0 spiro atoms. The topological polar surface area (TPSA) is 135 Å². The molecule has 0 aliphatic heterocycles. The molecule has 3 aromatic carbocycles. The predicted octanol–water partition coefficient (Wildman–Crippen LogP) is 4.71. The maximum absolute atomic E-state index is 12.8. The van der Waals surface area contributed by atoms with Crippen molar-refractivity contribution < 1.29 is 28.7 Å². The number of ether oxygens (including phenoxy) is 2. The average molecular weight is 557 g/mol. The minimum absolute atomic E-state index is 0.155. The van der Waals surface area contributed by atoms with E-state index >= 15 is 0 Å². The van der Waals surface area contributed by atoms with Crippen LogP contribution in [0.4, 0.5) is 11.4 Å². The van der Waals surface area contributed by atoms with Gasteiger partial charge in [-0.25, -0.2) is 10.2 Å². The monoisotopic (exact) mass is 556 g/mol. The van der Waals surface area contributed by atoms with Crippen molar-refractivity contribution in [3.8, 4) is 11.5 Å². The lowest BCUT2D eigenvalue weighted by molar-refractivity contribution is -0.136. The molecule has 4 aromatic rings. The third-order valence-electron chi connectivity index (χ3n) is 5.24. The molecule has 0 saturated heterocycles. The second-order valence-corrected chi connectivity index (χ2v) is 8.99. The fraction of sp³-hybridized carbons (Fsp3) is 0.0690. The van der Waals surface area contributed by atoms with Crippen LogP contribution in [0.3, 0.4) is 0 Å². The molecule has 1 heterocycles. The summed E-state index contributed by atoms with van der Waals surface area (Å²) < 4.78 is 10.7. The number of esters is 1. The number of rotatable bonds is 9. The van der Waals surface area contributed by atoms with Crippen molar-refractivity contribution in [2.45, 2.75) is 6.92 Å². The van der Waals surface area contributed by atoms with Crippen LogP contribution in [0.2, 0.25) is 0 Å². The normalized spacial score (nSPS) is 10.5. The summed E-state index contributed by atoms with van der Waals surface area (Å²) in [6, 6.07) is 23.0. The van der Waals surface area contributed by atoms with Crippen molar-refractivity contribution in [3.63, 3.8) is 0 Å². The number of hydrazone groups is 1. The van der Waals surface area contributed by atoms with Gasteiger partial charge in [0.2, 0.25) is 0 Å². The van der Waals surface area contributed by atoms with Gasteiger partial charge >= 0.3 is 17.8 Å². The quantitative estimate of drug-likeness (QED) is 0.0899. The first-order chi connectivity index (χ1) is 19.4. The van der Waals surface area contributed by atoms with E-state index in [9.17, 15) is 19.2 Å². The van der Waals surface area contributed by atoms with Gasteiger partial charge in [-0.1, -0.05) is 18.2 Å². The van der Waals surface area contributed by atoms with Crippen LogP contribution in [-0.4, -0.2) is 36.5 Å². The molecule has 0 radical (unpaired) electrons. The molecule has 0 aliphatic rings. The molecule has 0 saturated carbocycles. The van der Waals surface area contributed by atoms with Gasteiger partial charge in [-0.2, -0.15) is 5.10 Å². The summed E-state index contributed by atoms with van der Waals surface area (Å²) in [5.74, 6) is -1.93. The summed E-state index contributed by atoms with van der Waals surface area (Å²) in [7, 11) is 0. The highest BCUT2D eigenvalue weighted by atomic mass is 32.1. The molecule has 4 rings (SSSR count). The van der Waals surface area contributed by atoms with Crippen LogP contribution in [0.1, 0.15) is 32.5 Å². The second kappa shape index (κ2) is 13.5. The van der Waals surface area contributed by atoms with Gasteiger partial charge in [0.1, 0.15) is 16.4 Å². The number of thiophene rings is 1. The number of nitrogens with zero attached hydrogens (tertiary/aromatic N) is 1. The van der Waals surface area contributed by atoms with Gasteiger partial charge in [-0.3, -0.25) is 14.4 Å². The standard InChI is InChI=1S/C29H24N4O6S/c1-2-38-21-15-11-20(12-16-21)31-26(34)23-6-3-4-7-24(23)32-27(35)28(36)33-30-18-19-9-13-22(14-10-19)39-29(37)25-8-5-17-40-25/h3-18H,2H2,1H3,(H,31,34)(H,32,35)(H,33,36)/b30-18+. The van der Waals surface area contributed by atoms with E-state index in [-0.39, 0.29) is 11.3 Å². The van der Waals surface area contributed by atoms with Gasteiger partial charge in [0.25, 0.3) is 5.91 Å². The Labute approximate surface area is 233 Å². The summed E-state index contributed by atoms with van der Waals surface area (Å²) in [6.07, 6.45) is 1.33. The third kappa shape index (κ3) is 7.62. The summed E-state index contributed by atoms with van der Waals surface area (Å²) in [5.41, 5.74) is 3.59. The zero-order chi connectivity index (χ0) is 28.3. The van der Waals surface area contributed by atoms with Crippen LogP contribution in [0.15, 0.2) is 95.4 Å². The molecular formula is C29H24N4O6S. The second-order valence-electron chi connectivity index (χ2n) is 8.05. The lowest BCUT2D eigenvalue weighted by Crippen LogP contribution is -2.33. The highest BCUT2D eigenvalue weighted by Crippen LogP contribution is 2.20.